The van der Waals surface area contributed by atoms with Gasteiger partial charge in [-0.25, -0.2) is 9.50 Å². The van der Waals surface area contributed by atoms with Gasteiger partial charge in [0.15, 0.2) is 0 Å². The van der Waals surface area contributed by atoms with Crippen molar-refractivity contribution < 1.29 is 0 Å². The van der Waals surface area contributed by atoms with E-state index in [0.29, 0.717) is 0 Å². The average Bonchev–Trinajstić information content (AvgIpc) is 2.90. The molecule has 2 heterocycles. The predicted molar refractivity (Wildman–Crippen MR) is 66.2 cm³/mol. The van der Waals surface area contributed by atoms with E-state index in [2.05, 4.69) is 33.7 Å². The van der Waals surface area contributed by atoms with Crippen molar-refractivity contribution >= 4 is 28.4 Å². The Morgan fingerprint density at radius 2 is 2.00 bits per heavy atom. The molecule has 78 valence electrons. The van der Waals surface area contributed by atoms with Gasteiger partial charge in [-0.3, -0.25) is 0 Å². The maximum Gasteiger partial charge on any atom is 0.212 e. The van der Waals surface area contributed by atoms with E-state index in [9.17, 15) is 0 Å². The van der Waals surface area contributed by atoms with E-state index < -0.39 is 0 Å². The van der Waals surface area contributed by atoms with Crippen molar-refractivity contribution in [2.75, 3.05) is 0 Å². The third kappa shape index (κ3) is 1.63. The molecule has 0 N–H and O–H groups in total. The van der Waals surface area contributed by atoms with Crippen molar-refractivity contribution in [3.05, 3.63) is 53.3 Å². The molecule has 0 atom stereocenters. The van der Waals surface area contributed by atoms with Crippen LogP contribution in [0.3, 0.4) is 0 Å². The van der Waals surface area contributed by atoms with Crippen molar-refractivity contribution in [3.63, 3.8) is 0 Å². The van der Waals surface area contributed by atoms with Gasteiger partial charge >= 0.3 is 0 Å². The molecule has 0 saturated heterocycles. The minimum absolute atomic E-state index is 0.924. The predicted octanol–water partition coefficient (Wildman–Crippen LogP) is 2.96. The Kier molecular flexibility index (Phi) is 2.27. The lowest BCUT2D eigenvalue weighted by Crippen LogP contribution is -1.84. The topological polar surface area (TPSA) is 30.2 Å². The van der Waals surface area contributed by atoms with Gasteiger partial charge in [-0.1, -0.05) is 36.4 Å². The van der Waals surface area contributed by atoms with Crippen LogP contribution in [0.15, 0.2) is 42.0 Å². The van der Waals surface area contributed by atoms with Crippen LogP contribution in [-0.4, -0.2) is 14.6 Å². The second-order valence-electron chi connectivity index (χ2n) is 3.36. The number of fused-ring (bicyclic) bond motifs is 1. The van der Waals surface area contributed by atoms with Crippen molar-refractivity contribution in [1.82, 2.24) is 14.6 Å². The lowest BCUT2D eigenvalue weighted by Gasteiger charge is -1.91. The molecule has 2 aromatic heterocycles. The van der Waals surface area contributed by atoms with Crippen LogP contribution in [0.2, 0.25) is 0 Å². The summed E-state index contributed by atoms with van der Waals surface area (Å²) in [4.78, 5) is 5.05. The Labute approximate surface area is 96.7 Å². The molecule has 4 heteroatoms. The second kappa shape index (κ2) is 3.90. The molecule has 0 radical (unpaired) electrons. The van der Waals surface area contributed by atoms with Gasteiger partial charge < -0.3 is 0 Å². The first-order valence-corrected chi connectivity index (χ1v) is 5.82. The summed E-state index contributed by atoms with van der Waals surface area (Å²) in [5.41, 5.74) is 2.24. The second-order valence-corrected chi connectivity index (χ2v) is 4.20. The summed E-state index contributed by atoms with van der Waals surface area (Å²) in [6.45, 7) is 0. The lowest BCUT2D eigenvalue weighted by atomic mass is 10.2. The summed E-state index contributed by atoms with van der Waals surface area (Å²) in [5.74, 6) is 0. The first kappa shape index (κ1) is 9.30. The highest BCUT2D eigenvalue weighted by atomic mass is 32.1. The molecule has 0 aliphatic heterocycles. The number of thiazole rings is 1. The molecular formula is C12H9N3S. The molecule has 1 aromatic carbocycles. The summed E-state index contributed by atoms with van der Waals surface area (Å²) in [6, 6.07) is 10.2. The van der Waals surface area contributed by atoms with Crippen LogP contribution < -0.4 is 0 Å². The number of nitrogens with zero attached hydrogens (tertiary/aromatic N) is 3. The van der Waals surface area contributed by atoms with Crippen molar-refractivity contribution in [2.24, 2.45) is 0 Å². The van der Waals surface area contributed by atoms with Crippen LogP contribution in [0, 0.1) is 0 Å². The molecule has 3 rings (SSSR count). The standard InChI is InChI=1S/C12H9N3S/c1-2-4-10(5-3-1)6-7-11-8-16-12-13-9-14-15(11)12/h1-9H/b7-6+. The molecule has 0 amide bonds. The summed E-state index contributed by atoms with van der Waals surface area (Å²) >= 11 is 1.59. The fourth-order valence-corrected chi connectivity index (χ4v) is 2.27. The van der Waals surface area contributed by atoms with Gasteiger partial charge in [0.2, 0.25) is 4.96 Å². The minimum Gasteiger partial charge on any atom is -0.206 e. The Morgan fingerprint density at radius 1 is 1.12 bits per heavy atom. The van der Waals surface area contributed by atoms with Gasteiger partial charge in [0.25, 0.3) is 0 Å². The number of hydrogen-bond donors (Lipinski definition) is 0. The molecule has 3 aromatic rings. The first-order valence-electron chi connectivity index (χ1n) is 4.94. The molecule has 0 spiro atoms. The van der Waals surface area contributed by atoms with E-state index in [1.807, 2.05) is 28.8 Å². The van der Waals surface area contributed by atoms with Crippen LogP contribution in [0.25, 0.3) is 17.1 Å². The summed E-state index contributed by atoms with van der Waals surface area (Å²) in [6.07, 6.45) is 5.70. The first-order chi connectivity index (χ1) is 7.93. The van der Waals surface area contributed by atoms with Gasteiger partial charge in [0, 0.05) is 5.38 Å². The normalized spacial score (nSPS) is 11.5. The Morgan fingerprint density at radius 3 is 2.88 bits per heavy atom. The highest BCUT2D eigenvalue weighted by molar-refractivity contribution is 7.15. The molecular weight excluding hydrogens is 218 g/mol. The third-order valence-corrected chi connectivity index (χ3v) is 3.14. The number of rotatable bonds is 2. The molecule has 0 fully saturated rings. The van der Waals surface area contributed by atoms with Crippen LogP contribution in [0.1, 0.15) is 11.3 Å². The van der Waals surface area contributed by atoms with Crippen molar-refractivity contribution in [3.8, 4) is 0 Å². The molecule has 0 aliphatic carbocycles. The SMILES string of the molecule is C(=C\c1csc2ncnn12)/c1ccccc1. The van der Waals surface area contributed by atoms with Gasteiger partial charge in [-0.2, -0.15) is 5.10 Å². The van der Waals surface area contributed by atoms with Gasteiger partial charge in [0.05, 0.1) is 5.69 Å². The van der Waals surface area contributed by atoms with E-state index in [4.69, 9.17) is 0 Å². The van der Waals surface area contributed by atoms with Crippen LogP contribution in [-0.2, 0) is 0 Å². The molecule has 16 heavy (non-hydrogen) atoms. The zero-order valence-corrected chi connectivity index (χ0v) is 9.26. The summed E-state index contributed by atoms with van der Waals surface area (Å²) in [7, 11) is 0. The van der Waals surface area contributed by atoms with E-state index in [-0.39, 0.29) is 0 Å². The highest BCUT2D eigenvalue weighted by Crippen LogP contribution is 2.15. The van der Waals surface area contributed by atoms with E-state index in [1.165, 1.54) is 5.56 Å². The molecule has 0 unspecified atom stereocenters. The van der Waals surface area contributed by atoms with Gasteiger partial charge in [-0.15, -0.1) is 11.3 Å². The zero-order valence-electron chi connectivity index (χ0n) is 8.45. The molecule has 0 bridgehead atoms. The van der Waals surface area contributed by atoms with Crippen molar-refractivity contribution in [2.45, 2.75) is 0 Å². The van der Waals surface area contributed by atoms with Crippen molar-refractivity contribution in [1.29, 1.82) is 0 Å². The highest BCUT2D eigenvalue weighted by Gasteiger charge is 2.00. The lowest BCUT2D eigenvalue weighted by molar-refractivity contribution is 0.965. The largest absolute Gasteiger partial charge is 0.212 e. The van der Waals surface area contributed by atoms with E-state index in [1.54, 1.807) is 17.7 Å². The zero-order chi connectivity index (χ0) is 10.8. The Hall–Kier alpha value is -1.94. The number of benzene rings is 1. The molecule has 3 nitrogen and oxygen atoms in total. The average molecular weight is 227 g/mol. The Bertz CT molecular complexity index is 622. The van der Waals surface area contributed by atoms with E-state index >= 15 is 0 Å². The van der Waals surface area contributed by atoms with Crippen LogP contribution in [0.5, 0.6) is 0 Å². The fourth-order valence-electron chi connectivity index (χ4n) is 1.51. The summed E-state index contributed by atoms with van der Waals surface area (Å²) < 4.78 is 1.84. The summed E-state index contributed by atoms with van der Waals surface area (Å²) in [5, 5.41) is 6.21. The smallest absolute Gasteiger partial charge is 0.206 e. The van der Waals surface area contributed by atoms with Gasteiger partial charge in [-0.05, 0) is 11.6 Å². The van der Waals surface area contributed by atoms with Crippen LogP contribution >= 0.6 is 11.3 Å². The van der Waals surface area contributed by atoms with E-state index in [0.717, 1.165) is 10.7 Å². The molecule has 0 aliphatic rings. The Balaban J connectivity index is 1.96. The monoisotopic (exact) mass is 227 g/mol. The fraction of sp³-hybridized carbons (Fsp3) is 0. The number of hydrogen-bond acceptors (Lipinski definition) is 3. The maximum atomic E-state index is 4.16. The maximum absolute atomic E-state index is 4.16. The molecule has 0 saturated carbocycles. The quantitative estimate of drug-likeness (QED) is 0.673. The van der Waals surface area contributed by atoms with Gasteiger partial charge in [0.1, 0.15) is 6.33 Å². The third-order valence-electron chi connectivity index (χ3n) is 2.29. The minimum atomic E-state index is 0.924. The number of aromatic nitrogens is 3. The van der Waals surface area contributed by atoms with Crippen LogP contribution in [0.4, 0.5) is 0 Å².